The summed E-state index contributed by atoms with van der Waals surface area (Å²) in [6.45, 7) is 6.90. The van der Waals surface area contributed by atoms with Crippen LogP contribution in [0.2, 0.25) is 0 Å². The minimum atomic E-state index is -0.164. The van der Waals surface area contributed by atoms with Gasteiger partial charge in [-0.3, -0.25) is 4.79 Å². The number of hydrogen-bond donors (Lipinski definition) is 1. The van der Waals surface area contributed by atoms with Crippen molar-refractivity contribution in [2.24, 2.45) is 40.9 Å². The molecule has 8 atom stereocenters. The van der Waals surface area contributed by atoms with E-state index in [-0.39, 0.29) is 6.10 Å². The lowest BCUT2D eigenvalue weighted by Crippen LogP contribution is -2.50. The van der Waals surface area contributed by atoms with Gasteiger partial charge in [-0.25, -0.2) is 0 Å². The molecule has 0 aromatic carbocycles. The summed E-state index contributed by atoms with van der Waals surface area (Å²) in [5.74, 6) is 4.63. The van der Waals surface area contributed by atoms with Gasteiger partial charge in [-0.05, 0) is 92.4 Å². The molecule has 0 saturated heterocycles. The predicted octanol–water partition coefficient (Wildman–Crippen LogP) is 4.37. The number of rotatable bonds is 1. The van der Waals surface area contributed by atoms with Gasteiger partial charge in [-0.1, -0.05) is 19.4 Å². The Morgan fingerprint density at radius 2 is 2.04 bits per heavy atom. The van der Waals surface area contributed by atoms with Crippen molar-refractivity contribution in [2.45, 2.75) is 71.8 Å². The van der Waals surface area contributed by atoms with Gasteiger partial charge in [-0.15, -0.1) is 0 Å². The molecule has 0 unspecified atom stereocenters. The number of ketones is 1. The minimum absolute atomic E-state index is 0.164. The van der Waals surface area contributed by atoms with Crippen molar-refractivity contribution in [1.29, 1.82) is 0 Å². The monoisotopic (exact) mass is 316 g/mol. The molecule has 0 aliphatic heterocycles. The van der Waals surface area contributed by atoms with Gasteiger partial charge in [0.05, 0.1) is 6.10 Å². The van der Waals surface area contributed by atoms with Gasteiger partial charge in [0.15, 0.2) is 5.78 Å². The van der Waals surface area contributed by atoms with Gasteiger partial charge < -0.3 is 5.11 Å². The van der Waals surface area contributed by atoms with Crippen LogP contribution in [0.25, 0.3) is 0 Å². The molecule has 23 heavy (non-hydrogen) atoms. The maximum absolute atomic E-state index is 11.8. The molecule has 0 aromatic rings. The van der Waals surface area contributed by atoms with Crippen molar-refractivity contribution in [1.82, 2.24) is 0 Å². The Balaban J connectivity index is 1.65. The highest BCUT2D eigenvalue weighted by Gasteiger charge is 2.58. The first-order chi connectivity index (χ1) is 10.9. The largest absolute Gasteiger partial charge is 0.393 e. The Kier molecular flexibility index (Phi) is 3.75. The van der Waals surface area contributed by atoms with Gasteiger partial charge in [0.2, 0.25) is 0 Å². The molecule has 1 N–H and O–H groups in total. The Labute approximate surface area is 140 Å². The Morgan fingerprint density at radius 3 is 2.78 bits per heavy atom. The lowest BCUT2D eigenvalue weighted by atomic mass is 9.48. The van der Waals surface area contributed by atoms with E-state index < -0.39 is 0 Å². The maximum atomic E-state index is 11.8. The first-order valence-corrected chi connectivity index (χ1v) is 9.83. The standard InChI is InChI=1S/C21H32O2/c1-12-10-14-11-15(23)4-5-16(14)17-8-9-21(3)18(13(2)22)6-7-19(21)20(12)17/h11-13,16-20,22H,4-10H2,1-3H3/t12-,13-,16+,17-,18+,19-,20-,21-/m1/s1. The third-order valence-corrected chi connectivity index (χ3v) is 8.30. The van der Waals surface area contributed by atoms with Crippen LogP contribution in [0.4, 0.5) is 0 Å². The molecule has 0 radical (unpaired) electrons. The molecule has 0 aromatic heterocycles. The topological polar surface area (TPSA) is 37.3 Å². The van der Waals surface area contributed by atoms with Crippen LogP contribution in [0.1, 0.15) is 65.7 Å². The van der Waals surface area contributed by atoms with Gasteiger partial charge in [-0.2, -0.15) is 0 Å². The second-order valence-electron chi connectivity index (χ2n) is 9.33. The van der Waals surface area contributed by atoms with Crippen LogP contribution in [0.15, 0.2) is 11.6 Å². The molecule has 4 rings (SSSR count). The normalized spacial score (nSPS) is 50.6. The summed E-state index contributed by atoms with van der Waals surface area (Å²) in [5, 5.41) is 10.3. The highest BCUT2D eigenvalue weighted by molar-refractivity contribution is 5.91. The number of aliphatic hydroxyl groups is 1. The summed E-state index contributed by atoms with van der Waals surface area (Å²) < 4.78 is 0. The molecule has 0 bridgehead atoms. The Morgan fingerprint density at radius 1 is 1.26 bits per heavy atom. The fourth-order valence-corrected chi connectivity index (χ4v) is 7.42. The maximum Gasteiger partial charge on any atom is 0.155 e. The highest BCUT2D eigenvalue weighted by atomic mass is 16.3. The summed E-state index contributed by atoms with van der Waals surface area (Å²) in [4.78, 5) is 11.8. The van der Waals surface area contributed by atoms with E-state index in [0.29, 0.717) is 29.0 Å². The first kappa shape index (κ1) is 15.9. The van der Waals surface area contributed by atoms with E-state index in [9.17, 15) is 9.90 Å². The van der Waals surface area contributed by atoms with Crippen LogP contribution in [0.3, 0.4) is 0 Å². The van der Waals surface area contributed by atoms with E-state index in [4.69, 9.17) is 0 Å². The van der Waals surface area contributed by atoms with Gasteiger partial charge >= 0.3 is 0 Å². The Hall–Kier alpha value is -0.630. The quantitative estimate of drug-likeness (QED) is 0.780. The molecule has 0 heterocycles. The fraction of sp³-hybridized carbons (Fsp3) is 0.857. The molecule has 2 nitrogen and oxygen atoms in total. The molecule has 128 valence electrons. The van der Waals surface area contributed by atoms with Crippen LogP contribution < -0.4 is 0 Å². The fourth-order valence-electron chi connectivity index (χ4n) is 7.42. The van der Waals surface area contributed by atoms with Crippen LogP contribution in [0, 0.1) is 40.9 Å². The molecule has 0 amide bonds. The van der Waals surface area contributed by atoms with Crippen LogP contribution in [-0.2, 0) is 4.79 Å². The van der Waals surface area contributed by atoms with Crippen molar-refractivity contribution in [3.8, 4) is 0 Å². The summed E-state index contributed by atoms with van der Waals surface area (Å²) >= 11 is 0. The predicted molar refractivity (Wildman–Crippen MR) is 91.8 cm³/mol. The highest BCUT2D eigenvalue weighted by Crippen LogP contribution is 2.65. The second-order valence-corrected chi connectivity index (χ2v) is 9.33. The third kappa shape index (κ3) is 2.27. The van der Waals surface area contributed by atoms with Crippen LogP contribution in [-0.4, -0.2) is 17.0 Å². The van der Waals surface area contributed by atoms with Gasteiger partial charge in [0, 0.05) is 6.42 Å². The van der Waals surface area contributed by atoms with Crippen molar-refractivity contribution < 1.29 is 9.90 Å². The average Bonchev–Trinajstić information content (AvgIpc) is 2.84. The van der Waals surface area contributed by atoms with Crippen molar-refractivity contribution in [2.75, 3.05) is 0 Å². The van der Waals surface area contributed by atoms with Gasteiger partial charge in [0.1, 0.15) is 0 Å². The molecule has 4 aliphatic carbocycles. The summed E-state index contributed by atoms with van der Waals surface area (Å²) in [5.41, 5.74) is 1.82. The van der Waals surface area contributed by atoms with E-state index in [2.05, 4.69) is 13.8 Å². The van der Waals surface area contributed by atoms with Crippen molar-refractivity contribution in [3.05, 3.63) is 11.6 Å². The van der Waals surface area contributed by atoms with E-state index in [0.717, 1.165) is 37.0 Å². The van der Waals surface area contributed by atoms with Gasteiger partial charge in [0.25, 0.3) is 0 Å². The SMILES string of the molecule is C[C@@H]1CC2=CC(=O)CC[C@@H]2[C@H]2CC[C@@]3(C)[C@H](CC[C@H]3[C@@H](C)O)[C@@H]21. The second kappa shape index (κ2) is 5.44. The smallest absolute Gasteiger partial charge is 0.155 e. The number of fused-ring (bicyclic) bond motifs is 5. The number of carbonyl (C=O) groups is 1. The molecular formula is C21H32O2. The van der Waals surface area contributed by atoms with Crippen LogP contribution in [0.5, 0.6) is 0 Å². The molecule has 3 saturated carbocycles. The Bertz CT molecular complexity index is 534. The van der Waals surface area contributed by atoms with E-state index in [1.165, 1.54) is 31.3 Å². The van der Waals surface area contributed by atoms with Crippen LogP contribution >= 0.6 is 0 Å². The zero-order valence-electron chi connectivity index (χ0n) is 14.9. The third-order valence-electron chi connectivity index (χ3n) is 8.30. The minimum Gasteiger partial charge on any atom is -0.393 e. The zero-order valence-corrected chi connectivity index (χ0v) is 14.9. The number of aliphatic hydroxyl groups excluding tert-OH is 1. The molecule has 2 heteroatoms. The number of allylic oxidation sites excluding steroid dienone is 1. The average molecular weight is 316 g/mol. The number of carbonyl (C=O) groups excluding carboxylic acids is 1. The summed E-state index contributed by atoms with van der Waals surface area (Å²) in [7, 11) is 0. The first-order valence-electron chi connectivity index (χ1n) is 9.83. The summed E-state index contributed by atoms with van der Waals surface area (Å²) in [6.07, 6.45) is 9.95. The molecular weight excluding hydrogens is 284 g/mol. The van der Waals surface area contributed by atoms with Crippen molar-refractivity contribution in [3.63, 3.8) is 0 Å². The lowest BCUT2D eigenvalue weighted by Gasteiger charge is -2.56. The number of hydrogen-bond acceptors (Lipinski definition) is 2. The van der Waals surface area contributed by atoms with E-state index >= 15 is 0 Å². The molecule has 0 spiro atoms. The lowest BCUT2D eigenvalue weighted by molar-refractivity contribution is -0.116. The van der Waals surface area contributed by atoms with E-state index in [1.807, 2.05) is 13.0 Å². The van der Waals surface area contributed by atoms with Crippen molar-refractivity contribution >= 4 is 5.78 Å². The zero-order chi connectivity index (χ0) is 16.4. The molecule has 3 fully saturated rings. The van der Waals surface area contributed by atoms with E-state index in [1.54, 1.807) is 0 Å². The summed E-state index contributed by atoms with van der Waals surface area (Å²) in [6, 6.07) is 0. The molecule has 4 aliphatic rings.